The van der Waals surface area contributed by atoms with E-state index in [9.17, 15) is 23.1 Å². The van der Waals surface area contributed by atoms with E-state index in [1.165, 1.54) is 12.0 Å². The number of halogens is 3. The molecule has 1 aromatic rings. The molecule has 8 heteroatoms. The van der Waals surface area contributed by atoms with Crippen molar-refractivity contribution in [2.75, 3.05) is 33.3 Å². The molecule has 0 saturated carbocycles. The van der Waals surface area contributed by atoms with Crippen molar-refractivity contribution in [3.05, 3.63) is 23.8 Å². The molecule has 0 atom stereocenters. The van der Waals surface area contributed by atoms with Gasteiger partial charge < -0.3 is 14.7 Å². The van der Waals surface area contributed by atoms with Crippen molar-refractivity contribution in [1.29, 1.82) is 0 Å². The minimum Gasteiger partial charge on any atom is -0.504 e. The molecular weight excluding hydrogens is 313 g/mol. The summed E-state index contributed by atoms with van der Waals surface area (Å²) in [4.78, 5) is 14.8. The zero-order valence-corrected chi connectivity index (χ0v) is 12.8. The molecule has 2 rings (SSSR count). The summed E-state index contributed by atoms with van der Waals surface area (Å²) in [5.41, 5.74) is 0.873. The molecule has 0 aromatic heterocycles. The summed E-state index contributed by atoms with van der Waals surface area (Å²) in [5.74, 6) is -0.445. The molecule has 1 N–H and O–H groups in total. The first kappa shape index (κ1) is 17.4. The van der Waals surface area contributed by atoms with Gasteiger partial charge in [0.15, 0.2) is 11.5 Å². The maximum atomic E-state index is 12.2. The normalized spacial score (nSPS) is 16.4. The smallest absolute Gasteiger partial charge is 0.397 e. The quantitative estimate of drug-likeness (QED) is 0.916. The van der Waals surface area contributed by atoms with Gasteiger partial charge in [-0.25, -0.2) is 0 Å². The highest BCUT2D eigenvalue weighted by molar-refractivity contribution is 5.76. The van der Waals surface area contributed by atoms with Crippen LogP contribution < -0.4 is 4.74 Å². The molecule has 128 valence electrons. The molecule has 0 aliphatic carbocycles. The van der Waals surface area contributed by atoms with Crippen molar-refractivity contribution in [2.45, 2.75) is 19.1 Å². The Balaban J connectivity index is 1.85. The first-order chi connectivity index (χ1) is 10.8. The van der Waals surface area contributed by atoms with Gasteiger partial charge in [-0.3, -0.25) is 9.69 Å². The average Bonchev–Trinajstić information content (AvgIpc) is 2.46. The van der Waals surface area contributed by atoms with Crippen LogP contribution in [-0.2, 0) is 11.3 Å². The molecule has 1 fully saturated rings. The third kappa shape index (κ3) is 5.02. The molecule has 1 aliphatic rings. The summed E-state index contributed by atoms with van der Waals surface area (Å²) in [7, 11) is 1.46. The fraction of sp³-hybridized carbons (Fsp3) is 0.533. The zero-order valence-electron chi connectivity index (χ0n) is 12.8. The van der Waals surface area contributed by atoms with E-state index in [2.05, 4.69) is 0 Å². The van der Waals surface area contributed by atoms with Gasteiger partial charge in [0.1, 0.15) is 6.42 Å². The number of aromatic hydroxyl groups is 1. The molecule has 1 heterocycles. The fourth-order valence-electron chi connectivity index (χ4n) is 2.53. The maximum absolute atomic E-state index is 12.2. The van der Waals surface area contributed by atoms with Gasteiger partial charge in [-0.05, 0) is 17.7 Å². The Kier molecular flexibility index (Phi) is 5.35. The number of phenols is 1. The van der Waals surface area contributed by atoms with Gasteiger partial charge in [0, 0.05) is 32.7 Å². The highest BCUT2D eigenvalue weighted by Gasteiger charge is 2.34. The van der Waals surface area contributed by atoms with E-state index < -0.39 is 18.5 Å². The van der Waals surface area contributed by atoms with E-state index in [0.717, 1.165) is 5.56 Å². The number of hydrogen-bond acceptors (Lipinski definition) is 4. The second kappa shape index (κ2) is 7.08. The number of rotatable bonds is 4. The minimum atomic E-state index is -4.46. The minimum absolute atomic E-state index is 0.0454. The molecule has 0 spiro atoms. The number of benzene rings is 1. The number of nitrogens with zero attached hydrogens (tertiary/aromatic N) is 2. The van der Waals surface area contributed by atoms with Gasteiger partial charge in [-0.2, -0.15) is 13.2 Å². The SMILES string of the molecule is COc1ccc(CN2CCN(C(=O)CC(F)(F)F)CC2)cc1O. The van der Waals surface area contributed by atoms with E-state index >= 15 is 0 Å². The third-order valence-corrected chi connectivity index (χ3v) is 3.73. The Morgan fingerprint density at radius 3 is 2.43 bits per heavy atom. The second-order valence-electron chi connectivity index (χ2n) is 5.46. The van der Waals surface area contributed by atoms with Crippen LogP contribution in [0.1, 0.15) is 12.0 Å². The Morgan fingerprint density at radius 2 is 1.91 bits per heavy atom. The van der Waals surface area contributed by atoms with Crippen LogP contribution in [-0.4, -0.2) is 60.3 Å². The van der Waals surface area contributed by atoms with Crippen LogP contribution >= 0.6 is 0 Å². The van der Waals surface area contributed by atoms with Crippen molar-refractivity contribution in [3.8, 4) is 11.5 Å². The Bertz CT molecular complexity index is 555. The van der Waals surface area contributed by atoms with Crippen LogP contribution in [0.15, 0.2) is 18.2 Å². The van der Waals surface area contributed by atoms with E-state index in [4.69, 9.17) is 4.74 Å². The van der Waals surface area contributed by atoms with Crippen molar-refractivity contribution in [1.82, 2.24) is 9.80 Å². The van der Waals surface area contributed by atoms with Gasteiger partial charge in [0.05, 0.1) is 7.11 Å². The standard InChI is InChI=1S/C15H19F3N2O3/c1-23-13-3-2-11(8-12(13)21)10-19-4-6-20(7-5-19)14(22)9-15(16,17)18/h2-3,8,21H,4-7,9-10H2,1H3. The molecule has 1 amide bonds. The zero-order chi connectivity index (χ0) is 17.0. The molecule has 1 aliphatic heterocycles. The summed E-state index contributed by atoms with van der Waals surface area (Å²) < 4.78 is 41.7. The number of ether oxygens (including phenoxy) is 1. The molecule has 0 unspecified atom stereocenters. The van der Waals surface area contributed by atoms with Crippen molar-refractivity contribution < 1.29 is 27.8 Å². The van der Waals surface area contributed by atoms with Gasteiger partial charge in [0.2, 0.25) is 5.91 Å². The number of alkyl halides is 3. The highest BCUT2D eigenvalue weighted by Crippen LogP contribution is 2.27. The van der Waals surface area contributed by atoms with Crippen molar-refractivity contribution in [3.63, 3.8) is 0 Å². The molecule has 0 radical (unpaired) electrons. The topological polar surface area (TPSA) is 53.0 Å². The summed E-state index contributed by atoms with van der Waals surface area (Å²) >= 11 is 0. The Labute approximate surface area is 132 Å². The van der Waals surface area contributed by atoms with Gasteiger partial charge >= 0.3 is 6.18 Å². The number of piperazine rings is 1. The lowest BCUT2D eigenvalue weighted by atomic mass is 10.1. The van der Waals surface area contributed by atoms with Gasteiger partial charge in [-0.1, -0.05) is 6.07 Å². The average molecular weight is 332 g/mol. The first-order valence-electron chi connectivity index (χ1n) is 7.21. The Morgan fingerprint density at radius 1 is 1.26 bits per heavy atom. The lowest BCUT2D eigenvalue weighted by molar-refractivity contribution is -0.162. The van der Waals surface area contributed by atoms with E-state index in [1.807, 2.05) is 11.0 Å². The maximum Gasteiger partial charge on any atom is 0.397 e. The van der Waals surface area contributed by atoms with Gasteiger partial charge in [-0.15, -0.1) is 0 Å². The summed E-state index contributed by atoms with van der Waals surface area (Å²) in [6, 6.07) is 5.08. The van der Waals surface area contributed by atoms with Crippen LogP contribution in [0.4, 0.5) is 13.2 Å². The number of carbonyl (C=O) groups excluding carboxylic acids is 1. The number of hydrogen-bond donors (Lipinski definition) is 1. The third-order valence-electron chi connectivity index (χ3n) is 3.73. The van der Waals surface area contributed by atoms with E-state index in [1.54, 1.807) is 12.1 Å². The van der Waals surface area contributed by atoms with Crippen LogP contribution in [0.25, 0.3) is 0 Å². The lowest BCUT2D eigenvalue weighted by Gasteiger charge is -2.35. The molecule has 5 nitrogen and oxygen atoms in total. The molecular formula is C15H19F3N2O3. The molecule has 0 bridgehead atoms. The van der Waals surface area contributed by atoms with Crippen molar-refractivity contribution in [2.24, 2.45) is 0 Å². The first-order valence-corrected chi connectivity index (χ1v) is 7.21. The predicted molar refractivity (Wildman–Crippen MR) is 77.2 cm³/mol. The van der Waals surface area contributed by atoms with Crippen LogP contribution in [0, 0.1) is 0 Å². The second-order valence-corrected chi connectivity index (χ2v) is 5.46. The summed E-state index contributed by atoms with van der Waals surface area (Å²) in [5, 5.41) is 9.74. The largest absolute Gasteiger partial charge is 0.504 e. The summed E-state index contributed by atoms with van der Waals surface area (Å²) in [6.45, 7) is 2.10. The Hall–Kier alpha value is -1.96. The molecule has 1 saturated heterocycles. The predicted octanol–water partition coefficient (Wildman–Crippen LogP) is 2.00. The van der Waals surface area contributed by atoms with E-state index in [0.29, 0.717) is 25.4 Å². The van der Waals surface area contributed by atoms with Crippen LogP contribution in [0.3, 0.4) is 0 Å². The monoisotopic (exact) mass is 332 g/mol. The van der Waals surface area contributed by atoms with Gasteiger partial charge in [0.25, 0.3) is 0 Å². The number of carbonyl (C=O) groups is 1. The number of phenolic OH excluding ortho intramolecular Hbond substituents is 1. The highest BCUT2D eigenvalue weighted by atomic mass is 19.4. The molecule has 1 aromatic carbocycles. The van der Waals surface area contributed by atoms with Crippen LogP contribution in [0.5, 0.6) is 11.5 Å². The van der Waals surface area contributed by atoms with E-state index in [-0.39, 0.29) is 18.8 Å². The number of methoxy groups -OCH3 is 1. The fourth-order valence-corrected chi connectivity index (χ4v) is 2.53. The van der Waals surface area contributed by atoms with Crippen molar-refractivity contribution >= 4 is 5.91 Å². The summed E-state index contributed by atoms with van der Waals surface area (Å²) in [6.07, 6.45) is -5.87. The lowest BCUT2D eigenvalue weighted by Crippen LogP contribution is -2.49. The molecule has 23 heavy (non-hydrogen) atoms. The number of amides is 1. The van der Waals surface area contributed by atoms with Crippen LogP contribution in [0.2, 0.25) is 0 Å².